The number of methoxy groups -OCH3 is 1. The first kappa shape index (κ1) is 18.5. The van der Waals surface area contributed by atoms with Gasteiger partial charge in [-0.05, 0) is 49.2 Å². The highest BCUT2D eigenvalue weighted by Crippen LogP contribution is 2.25. The molecule has 29 heavy (non-hydrogen) atoms. The molecule has 0 fully saturated rings. The summed E-state index contributed by atoms with van der Waals surface area (Å²) in [6.45, 7) is 3.62. The number of carbonyl (C=O) groups is 1. The van der Waals surface area contributed by atoms with E-state index in [9.17, 15) is 9.59 Å². The summed E-state index contributed by atoms with van der Waals surface area (Å²) >= 11 is 0. The van der Waals surface area contributed by atoms with Gasteiger partial charge in [-0.15, -0.1) is 0 Å². The number of pyridine rings is 1. The van der Waals surface area contributed by atoms with E-state index in [-0.39, 0.29) is 5.56 Å². The second kappa shape index (κ2) is 7.27. The van der Waals surface area contributed by atoms with Crippen molar-refractivity contribution in [2.75, 3.05) is 12.4 Å². The third-order valence-electron chi connectivity index (χ3n) is 4.91. The van der Waals surface area contributed by atoms with Gasteiger partial charge in [0.25, 0.3) is 11.5 Å². The molecule has 2 heterocycles. The summed E-state index contributed by atoms with van der Waals surface area (Å²) in [5.74, 6) is 0.0669. The Kier molecular flexibility index (Phi) is 4.64. The van der Waals surface area contributed by atoms with Gasteiger partial charge >= 0.3 is 0 Å². The second-order valence-electron chi connectivity index (χ2n) is 6.73. The van der Waals surface area contributed by atoms with E-state index >= 15 is 0 Å². The molecule has 2 aromatic carbocycles. The molecular formula is C22H20N4O3. The Labute approximate surface area is 167 Å². The number of para-hydroxylation sites is 2. The number of aromatic nitrogens is 3. The number of aromatic amines is 1. The van der Waals surface area contributed by atoms with Gasteiger partial charge in [0.15, 0.2) is 0 Å². The Morgan fingerprint density at radius 1 is 1.10 bits per heavy atom. The highest BCUT2D eigenvalue weighted by molar-refractivity contribution is 6.09. The lowest BCUT2D eigenvalue weighted by Gasteiger charge is -2.14. The van der Waals surface area contributed by atoms with Gasteiger partial charge in [0.05, 0.1) is 30.3 Å². The number of aryl methyl sites for hydroxylation is 2. The van der Waals surface area contributed by atoms with Crippen LogP contribution in [0.1, 0.15) is 21.5 Å². The van der Waals surface area contributed by atoms with Crippen LogP contribution in [0.4, 0.5) is 5.69 Å². The van der Waals surface area contributed by atoms with Crippen molar-refractivity contribution in [3.63, 3.8) is 0 Å². The second-order valence-corrected chi connectivity index (χ2v) is 6.73. The number of H-pyrrole nitrogens is 1. The number of nitrogens with one attached hydrogen (secondary N) is 2. The summed E-state index contributed by atoms with van der Waals surface area (Å²) < 4.78 is 6.78. The Hall–Kier alpha value is -3.87. The number of rotatable bonds is 4. The number of fused-ring (bicyclic) bond motifs is 1. The van der Waals surface area contributed by atoms with Crippen molar-refractivity contribution < 1.29 is 9.53 Å². The fourth-order valence-corrected chi connectivity index (χ4v) is 3.36. The summed E-state index contributed by atoms with van der Waals surface area (Å²) in [6.07, 6.45) is 3.22. The number of carbonyl (C=O) groups excluding carboxylic acids is 1. The van der Waals surface area contributed by atoms with E-state index in [2.05, 4.69) is 15.3 Å². The summed E-state index contributed by atoms with van der Waals surface area (Å²) in [5, 5.41) is 2.88. The molecular weight excluding hydrogens is 368 g/mol. The average Bonchev–Trinajstić information content (AvgIpc) is 3.19. The average molecular weight is 388 g/mol. The summed E-state index contributed by atoms with van der Waals surface area (Å²) in [5.41, 5.74) is 3.71. The molecule has 0 unspecified atom stereocenters. The van der Waals surface area contributed by atoms with Crippen LogP contribution in [0, 0.1) is 13.8 Å². The van der Waals surface area contributed by atoms with E-state index in [0.29, 0.717) is 28.2 Å². The van der Waals surface area contributed by atoms with Crippen LogP contribution in [0.2, 0.25) is 0 Å². The van der Waals surface area contributed by atoms with E-state index in [0.717, 1.165) is 11.1 Å². The number of imidazole rings is 1. The van der Waals surface area contributed by atoms with Crippen molar-refractivity contribution >= 4 is 22.6 Å². The van der Waals surface area contributed by atoms with E-state index in [4.69, 9.17) is 4.74 Å². The maximum absolute atomic E-state index is 13.2. The lowest BCUT2D eigenvalue weighted by molar-refractivity contribution is 0.102. The van der Waals surface area contributed by atoms with Gasteiger partial charge in [0.1, 0.15) is 16.8 Å². The van der Waals surface area contributed by atoms with Crippen molar-refractivity contribution in [1.82, 2.24) is 14.5 Å². The van der Waals surface area contributed by atoms with Gasteiger partial charge < -0.3 is 15.0 Å². The molecule has 4 aromatic rings. The molecule has 0 spiro atoms. The Morgan fingerprint density at radius 2 is 1.90 bits per heavy atom. The molecule has 0 aliphatic carbocycles. The van der Waals surface area contributed by atoms with Crippen molar-refractivity contribution in [3.8, 4) is 11.4 Å². The molecule has 0 radical (unpaired) electrons. The number of nitrogens with zero attached hydrogens (tertiary/aromatic N) is 2. The fraction of sp³-hybridized carbons (Fsp3) is 0.136. The number of anilines is 1. The monoisotopic (exact) mass is 388 g/mol. The number of ether oxygens (including phenoxy) is 1. The standard InChI is InChI=1S/C22H20N4O3/c1-13-10-11-26(16-6-4-5-7-17(16)29-3)22(28)18(13)21(27)25-19-14(2)8-9-15-20(19)24-12-23-15/h4-12H,1-3H3,(H,23,24)(H,25,27). The van der Waals surface area contributed by atoms with Gasteiger partial charge in [-0.3, -0.25) is 14.2 Å². The molecule has 0 atom stereocenters. The van der Waals surface area contributed by atoms with Gasteiger partial charge in [0.2, 0.25) is 0 Å². The predicted molar refractivity (Wildman–Crippen MR) is 112 cm³/mol. The van der Waals surface area contributed by atoms with Crippen LogP contribution >= 0.6 is 0 Å². The van der Waals surface area contributed by atoms with Gasteiger partial charge in [0, 0.05) is 6.20 Å². The Morgan fingerprint density at radius 3 is 2.69 bits per heavy atom. The molecule has 0 saturated carbocycles. The van der Waals surface area contributed by atoms with Gasteiger partial charge in [-0.2, -0.15) is 0 Å². The highest BCUT2D eigenvalue weighted by Gasteiger charge is 2.20. The quantitative estimate of drug-likeness (QED) is 0.559. The number of amides is 1. The molecule has 7 nitrogen and oxygen atoms in total. The van der Waals surface area contributed by atoms with E-state index in [1.807, 2.05) is 31.2 Å². The highest BCUT2D eigenvalue weighted by atomic mass is 16.5. The Balaban J connectivity index is 1.81. The van der Waals surface area contributed by atoms with E-state index in [1.165, 1.54) is 4.57 Å². The molecule has 2 N–H and O–H groups in total. The maximum atomic E-state index is 13.2. The summed E-state index contributed by atoms with van der Waals surface area (Å²) in [4.78, 5) is 33.6. The van der Waals surface area contributed by atoms with Crippen molar-refractivity contribution in [1.29, 1.82) is 0 Å². The minimum atomic E-state index is -0.477. The number of benzene rings is 2. The molecule has 0 aliphatic heterocycles. The van der Waals surface area contributed by atoms with Crippen molar-refractivity contribution in [2.24, 2.45) is 0 Å². The zero-order valence-electron chi connectivity index (χ0n) is 16.3. The van der Waals surface area contributed by atoms with Crippen LogP contribution in [0.5, 0.6) is 5.75 Å². The SMILES string of the molecule is COc1ccccc1-n1ccc(C)c(C(=O)Nc2c(C)ccc3[nH]cnc23)c1=O. The minimum Gasteiger partial charge on any atom is -0.495 e. The molecule has 2 aromatic heterocycles. The van der Waals surface area contributed by atoms with Gasteiger partial charge in [-0.1, -0.05) is 18.2 Å². The summed E-state index contributed by atoms with van der Waals surface area (Å²) in [7, 11) is 1.54. The Bertz CT molecular complexity index is 1290. The zero-order valence-corrected chi connectivity index (χ0v) is 16.3. The first-order chi connectivity index (χ1) is 14.0. The van der Waals surface area contributed by atoms with E-state index in [1.54, 1.807) is 44.8 Å². The van der Waals surface area contributed by atoms with Crippen LogP contribution < -0.4 is 15.6 Å². The van der Waals surface area contributed by atoms with Crippen molar-refractivity contribution in [3.05, 3.63) is 82.0 Å². The fourth-order valence-electron chi connectivity index (χ4n) is 3.36. The smallest absolute Gasteiger partial charge is 0.268 e. The molecule has 0 aliphatic rings. The number of hydrogen-bond acceptors (Lipinski definition) is 4. The van der Waals surface area contributed by atoms with Crippen LogP contribution in [0.25, 0.3) is 16.7 Å². The topological polar surface area (TPSA) is 89.0 Å². The van der Waals surface area contributed by atoms with Gasteiger partial charge in [-0.25, -0.2) is 4.98 Å². The van der Waals surface area contributed by atoms with Crippen LogP contribution in [0.3, 0.4) is 0 Å². The molecule has 146 valence electrons. The molecule has 7 heteroatoms. The molecule has 4 rings (SSSR count). The minimum absolute atomic E-state index is 0.0744. The van der Waals surface area contributed by atoms with Crippen LogP contribution in [-0.2, 0) is 0 Å². The number of hydrogen-bond donors (Lipinski definition) is 2. The third-order valence-corrected chi connectivity index (χ3v) is 4.91. The predicted octanol–water partition coefficient (Wildman–Crippen LogP) is 3.59. The lowest BCUT2D eigenvalue weighted by atomic mass is 10.1. The lowest BCUT2D eigenvalue weighted by Crippen LogP contribution is -2.29. The van der Waals surface area contributed by atoms with Crippen LogP contribution in [0.15, 0.2) is 59.8 Å². The molecule has 1 amide bonds. The van der Waals surface area contributed by atoms with E-state index < -0.39 is 11.5 Å². The largest absolute Gasteiger partial charge is 0.495 e. The first-order valence-corrected chi connectivity index (χ1v) is 9.11. The third kappa shape index (κ3) is 3.16. The molecule has 0 saturated heterocycles. The normalized spacial score (nSPS) is 10.9. The van der Waals surface area contributed by atoms with Crippen LogP contribution in [-0.4, -0.2) is 27.6 Å². The first-order valence-electron chi connectivity index (χ1n) is 9.11. The van der Waals surface area contributed by atoms with Crippen molar-refractivity contribution in [2.45, 2.75) is 13.8 Å². The molecule has 0 bridgehead atoms. The zero-order chi connectivity index (χ0) is 20.5. The maximum Gasteiger partial charge on any atom is 0.268 e. The summed E-state index contributed by atoms with van der Waals surface area (Å²) in [6, 6.07) is 12.7.